The highest BCUT2D eigenvalue weighted by Crippen LogP contribution is 1.95. The lowest BCUT2D eigenvalue weighted by atomic mass is 10.5. The fraction of sp³-hybridized carbons (Fsp3) is 1.00. The Morgan fingerprint density at radius 3 is 2.60 bits per heavy atom. The van der Waals surface area contributed by atoms with Crippen LogP contribution in [0.15, 0.2) is 0 Å². The van der Waals surface area contributed by atoms with E-state index >= 15 is 0 Å². The largest absolute Gasteiger partial charge is 0.380 e. The summed E-state index contributed by atoms with van der Waals surface area (Å²) in [6, 6.07) is 0. The van der Waals surface area contributed by atoms with E-state index in [0.29, 0.717) is 32.7 Å². The van der Waals surface area contributed by atoms with E-state index in [1.807, 2.05) is 6.92 Å². The van der Waals surface area contributed by atoms with Gasteiger partial charge >= 0.3 is 0 Å². The third-order valence-electron chi connectivity index (χ3n) is 1.76. The molecule has 0 N–H and O–H groups in total. The molecule has 0 aliphatic heterocycles. The maximum Gasteiger partial charge on any atom is 0.151 e. The molecule has 0 atom stereocenters. The van der Waals surface area contributed by atoms with Crippen molar-refractivity contribution >= 4 is 21.4 Å². The van der Waals surface area contributed by atoms with Crippen LogP contribution in [0.5, 0.6) is 0 Å². The Morgan fingerprint density at radius 2 is 2.00 bits per heavy atom. The van der Waals surface area contributed by atoms with Crippen molar-refractivity contribution < 1.29 is 13.2 Å². The maximum absolute atomic E-state index is 11.2. The molecule has 0 unspecified atom stereocenters. The predicted molar refractivity (Wildman–Crippen MR) is 62.4 cm³/mol. The first-order valence-corrected chi connectivity index (χ1v) is 7.45. The third kappa shape index (κ3) is 10.4. The molecule has 0 saturated heterocycles. The van der Waals surface area contributed by atoms with Gasteiger partial charge in [0.05, 0.1) is 18.1 Å². The van der Waals surface area contributed by atoms with Crippen molar-refractivity contribution in [2.45, 2.75) is 13.3 Å². The normalized spacial score (nSPS) is 11.9. The van der Waals surface area contributed by atoms with Gasteiger partial charge in [0.25, 0.3) is 0 Å². The highest BCUT2D eigenvalue weighted by Gasteiger charge is 2.08. The van der Waals surface area contributed by atoms with Gasteiger partial charge in [0.2, 0.25) is 0 Å². The van der Waals surface area contributed by atoms with Crippen molar-refractivity contribution in [2.75, 3.05) is 43.7 Å². The first-order valence-electron chi connectivity index (χ1n) is 5.09. The lowest BCUT2D eigenvalue weighted by Crippen LogP contribution is -2.18. The zero-order valence-electron chi connectivity index (χ0n) is 9.12. The number of halogens is 1. The minimum atomic E-state index is -2.95. The van der Waals surface area contributed by atoms with Gasteiger partial charge in [-0.05, 0) is 13.3 Å². The van der Waals surface area contributed by atoms with Gasteiger partial charge in [0, 0.05) is 25.6 Å². The summed E-state index contributed by atoms with van der Waals surface area (Å²) in [6.07, 6.45) is 0.575. The molecule has 6 heteroatoms. The SMILES string of the molecule is CCOCC[N]CCCS(=O)(=O)CCCl. The van der Waals surface area contributed by atoms with Crippen molar-refractivity contribution in [1.82, 2.24) is 5.32 Å². The second kappa shape index (κ2) is 9.39. The first-order chi connectivity index (χ1) is 7.12. The van der Waals surface area contributed by atoms with Gasteiger partial charge in [0.1, 0.15) is 0 Å². The van der Waals surface area contributed by atoms with Crippen LogP contribution in [0, 0.1) is 0 Å². The van der Waals surface area contributed by atoms with Crippen molar-refractivity contribution in [2.24, 2.45) is 0 Å². The summed E-state index contributed by atoms with van der Waals surface area (Å²) in [7, 11) is -2.95. The number of sulfone groups is 1. The summed E-state index contributed by atoms with van der Waals surface area (Å²) in [5.41, 5.74) is 0. The van der Waals surface area contributed by atoms with Gasteiger partial charge < -0.3 is 4.74 Å². The second-order valence-corrected chi connectivity index (χ2v) is 5.74. The van der Waals surface area contributed by atoms with E-state index in [0.717, 1.165) is 0 Å². The Kier molecular flexibility index (Phi) is 9.49. The minimum absolute atomic E-state index is 0.0630. The molecule has 15 heavy (non-hydrogen) atoms. The molecule has 0 heterocycles. The van der Waals surface area contributed by atoms with Gasteiger partial charge in [-0.25, -0.2) is 13.7 Å². The van der Waals surface area contributed by atoms with E-state index in [1.54, 1.807) is 0 Å². The lowest BCUT2D eigenvalue weighted by molar-refractivity contribution is 0.149. The van der Waals surface area contributed by atoms with Crippen LogP contribution in [0.4, 0.5) is 0 Å². The van der Waals surface area contributed by atoms with E-state index in [2.05, 4.69) is 5.32 Å². The number of ether oxygens (including phenoxy) is 1. The van der Waals surface area contributed by atoms with Crippen LogP contribution in [-0.4, -0.2) is 52.1 Å². The average Bonchev–Trinajstić information content (AvgIpc) is 2.16. The lowest BCUT2D eigenvalue weighted by Gasteiger charge is -2.03. The predicted octanol–water partition coefficient (Wildman–Crippen LogP) is 0.671. The Labute approximate surface area is 97.3 Å². The summed E-state index contributed by atoms with van der Waals surface area (Å²) in [6.45, 7) is 4.46. The Morgan fingerprint density at radius 1 is 1.27 bits per heavy atom. The molecule has 0 aromatic heterocycles. The van der Waals surface area contributed by atoms with Crippen LogP contribution in [-0.2, 0) is 14.6 Å². The van der Waals surface area contributed by atoms with Crippen LogP contribution < -0.4 is 5.32 Å². The Hall–Kier alpha value is 0.160. The van der Waals surface area contributed by atoms with Crippen molar-refractivity contribution in [1.29, 1.82) is 0 Å². The molecule has 0 aliphatic carbocycles. The Bertz CT molecular complexity index is 232. The van der Waals surface area contributed by atoms with Crippen LogP contribution in [0.1, 0.15) is 13.3 Å². The third-order valence-corrected chi connectivity index (χ3v) is 3.91. The van der Waals surface area contributed by atoms with Crippen LogP contribution in [0.3, 0.4) is 0 Å². The molecule has 0 fully saturated rings. The number of nitrogens with zero attached hydrogens (tertiary/aromatic N) is 1. The quantitative estimate of drug-likeness (QED) is 0.426. The summed E-state index contributed by atoms with van der Waals surface area (Å²) >= 11 is 5.36. The smallest absolute Gasteiger partial charge is 0.151 e. The van der Waals surface area contributed by atoms with E-state index in [9.17, 15) is 8.42 Å². The topological polar surface area (TPSA) is 57.5 Å². The monoisotopic (exact) mass is 256 g/mol. The summed E-state index contributed by atoms with van der Waals surface area (Å²) < 4.78 is 27.5. The van der Waals surface area contributed by atoms with Crippen LogP contribution in [0.2, 0.25) is 0 Å². The number of rotatable bonds is 10. The molecule has 0 aromatic rings. The van der Waals surface area contributed by atoms with E-state index in [1.165, 1.54) is 0 Å². The van der Waals surface area contributed by atoms with Crippen LogP contribution in [0.25, 0.3) is 0 Å². The van der Waals surface area contributed by atoms with Crippen LogP contribution >= 0.6 is 11.6 Å². The molecule has 91 valence electrons. The zero-order valence-corrected chi connectivity index (χ0v) is 10.7. The van der Waals surface area contributed by atoms with Gasteiger partial charge in [-0.2, -0.15) is 0 Å². The molecule has 0 saturated carbocycles. The molecule has 0 aliphatic rings. The van der Waals surface area contributed by atoms with Crippen molar-refractivity contribution in [3.8, 4) is 0 Å². The zero-order chi connectivity index (χ0) is 11.6. The standard InChI is InChI=1S/C9H19ClNO3S/c1-2-14-7-6-11-5-3-8-15(12,13)9-4-10/h2-9H2,1H3. The molecule has 4 nitrogen and oxygen atoms in total. The Balaban J connectivity index is 3.31. The summed E-state index contributed by atoms with van der Waals surface area (Å²) in [5.74, 6) is 0.412. The van der Waals surface area contributed by atoms with Gasteiger partial charge in [-0.3, -0.25) is 0 Å². The molecular weight excluding hydrogens is 238 g/mol. The van der Waals surface area contributed by atoms with Gasteiger partial charge in [0.15, 0.2) is 9.84 Å². The molecule has 0 rings (SSSR count). The highest BCUT2D eigenvalue weighted by molar-refractivity contribution is 7.91. The van der Waals surface area contributed by atoms with Crippen molar-refractivity contribution in [3.63, 3.8) is 0 Å². The number of hydrogen-bond donors (Lipinski definition) is 0. The van der Waals surface area contributed by atoms with E-state index in [-0.39, 0.29) is 17.4 Å². The molecule has 0 aromatic carbocycles. The minimum Gasteiger partial charge on any atom is -0.380 e. The fourth-order valence-corrected chi connectivity index (χ4v) is 2.71. The van der Waals surface area contributed by atoms with Gasteiger partial charge in [-0.1, -0.05) is 0 Å². The summed E-state index contributed by atoms with van der Waals surface area (Å²) in [4.78, 5) is 0. The second-order valence-electron chi connectivity index (χ2n) is 3.06. The van der Waals surface area contributed by atoms with Crippen molar-refractivity contribution in [3.05, 3.63) is 0 Å². The molecular formula is C9H19ClNO3S. The molecule has 0 bridgehead atoms. The number of alkyl halides is 1. The van der Waals surface area contributed by atoms with Gasteiger partial charge in [-0.15, -0.1) is 11.6 Å². The highest BCUT2D eigenvalue weighted by atomic mass is 35.5. The fourth-order valence-electron chi connectivity index (χ4n) is 1.00. The molecule has 0 amide bonds. The van der Waals surface area contributed by atoms with E-state index < -0.39 is 9.84 Å². The van der Waals surface area contributed by atoms with E-state index in [4.69, 9.17) is 16.3 Å². The maximum atomic E-state index is 11.2. The number of hydrogen-bond acceptors (Lipinski definition) is 3. The average molecular weight is 257 g/mol. The molecule has 0 spiro atoms. The first kappa shape index (κ1) is 15.2. The molecule has 1 radical (unpaired) electrons. The summed E-state index contributed by atoms with van der Waals surface area (Å²) in [5, 5.41) is 4.15.